The lowest BCUT2D eigenvalue weighted by molar-refractivity contribution is 0.203. The first kappa shape index (κ1) is 12.6. The van der Waals surface area contributed by atoms with Gasteiger partial charge in [0.2, 0.25) is 0 Å². The minimum absolute atomic E-state index is 0.646. The molecule has 4 nitrogen and oxygen atoms in total. The van der Waals surface area contributed by atoms with Crippen molar-refractivity contribution < 1.29 is 0 Å². The van der Waals surface area contributed by atoms with E-state index in [1.807, 2.05) is 7.05 Å². The third-order valence-electron chi connectivity index (χ3n) is 3.85. The Hall–Kier alpha value is -0.900. The Labute approximate surface area is 104 Å². The second-order valence-corrected chi connectivity index (χ2v) is 5.51. The average Bonchev–Trinajstić information content (AvgIpc) is 2.73. The van der Waals surface area contributed by atoms with E-state index in [4.69, 9.17) is 0 Å². The van der Waals surface area contributed by atoms with Gasteiger partial charge in [-0.2, -0.15) is 5.10 Å². The highest BCUT2D eigenvalue weighted by atomic mass is 15.3. The highest BCUT2D eigenvalue weighted by Gasteiger charge is 2.27. The monoisotopic (exact) mass is 236 g/mol. The molecule has 1 N–H and O–H groups in total. The minimum atomic E-state index is 0.646. The number of hydrogen-bond donors (Lipinski definition) is 1. The van der Waals surface area contributed by atoms with Crippen LogP contribution in [0.1, 0.15) is 45.4 Å². The van der Waals surface area contributed by atoms with Gasteiger partial charge in [-0.3, -0.25) is 4.68 Å². The average molecular weight is 236 g/mol. The van der Waals surface area contributed by atoms with E-state index in [0.29, 0.717) is 6.04 Å². The molecule has 0 spiro atoms. The summed E-state index contributed by atoms with van der Waals surface area (Å²) in [6.07, 6.45) is 7.18. The van der Waals surface area contributed by atoms with Crippen molar-refractivity contribution in [2.45, 2.75) is 52.1 Å². The first-order valence-electron chi connectivity index (χ1n) is 6.74. The van der Waals surface area contributed by atoms with Gasteiger partial charge in [0.1, 0.15) is 6.33 Å². The molecule has 0 aliphatic heterocycles. The Morgan fingerprint density at radius 1 is 1.41 bits per heavy atom. The largest absolute Gasteiger partial charge is 0.307 e. The standard InChI is InChI=1S/C13H24N4/c1-10(2)11-6-4-5-7-12(11)14-8-13-15-9-17(3)16-13/h9-12,14H,4-8H2,1-3H3. The molecule has 17 heavy (non-hydrogen) atoms. The number of rotatable bonds is 4. The van der Waals surface area contributed by atoms with E-state index in [2.05, 4.69) is 29.2 Å². The van der Waals surface area contributed by atoms with Gasteiger partial charge in [-0.1, -0.05) is 26.7 Å². The Balaban J connectivity index is 1.88. The fourth-order valence-electron chi connectivity index (χ4n) is 2.90. The molecule has 1 aromatic heterocycles. The molecule has 0 amide bonds. The van der Waals surface area contributed by atoms with Crippen LogP contribution in [0.15, 0.2) is 6.33 Å². The van der Waals surface area contributed by atoms with Crippen molar-refractivity contribution in [1.29, 1.82) is 0 Å². The highest BCUT2D eigenvalue weighted by Crippen LogP contribution is 2.30. The SMILES string of the molecule is CC(C)C1CCCCC1NCc1ncn(C)n1. The van der Waals surface area contributed by atoms with Crippen molar-refractivity contribution in [3.8, 4) is 0 Å². The van der Waals surface area contributed by atoms with Gasteiger partial charge < -0.3 is 5.32 Å². The predicted octanol–water partition coefficient (Wildman–Crippen LogP) is 2.12. The molecule has 1 aliphatic rings. The molecule has 2 unspecified atom stereocenters. The lowest BCUT2D eigenvalue weighted by atomic mass is 9.78. The maximum atomic E-state index is 4.31. The zero-order valence-electron chi connectivity index (χ0n) is 11.2. The lowest BCUT2D eigenvalue weighted by Crippen LogP contribution is -2.40. The van der Waals surface area contributed by atoms with Crippen molar-refractivity contribution >= 4 is 0 Å². The van der Waals surface area contributed by atoms with Crippen LogP contribution >= 0.6 is 0 Å². The predicted molar refractivity (Wildman–Crippen MR) is 68.4 cm³/mol. The van der Waals surface area contributed by atoms with E-state index < -0.39 is 0 Å². The van der Waals surface area contributed by atoms with Crippen LogP contribution < -0.4 is 5.32 Å². The molecule has 0 aromatic carbocycles. The molecule has 1 aliphatic carbocycles. The molecular weight excluding hydrogens is 212 g/mol. The molecule has 2 rings (SSSR count). The summed E-state index contributed by atoms with van der Waals surface area (Å²) in [6.45, 7) is 5.47. The zero-order valence-corrected chi connectivity index (χ0v) is 11.2. The van der Waals surface area contributed by atoms with Crippen LogP contribution in [0.25, 0.3) is 0 Å². The first-order valence-corrected chi connectivity index (χ1v) is 6.74. The smallest absolute Gasteiger partial charge is 0.164 e. The first-order chi connectivity index (χ1) is 8.16. The molecule has 0 bridgehead atoms. The number of nitrogens with zero attached hydrogens (tertiary/aromatic N) is 3. The van der Waals surface area contributed by atoms with E-state index >= 15 is 0 Å². The summed E-state index contributed by atoms with van der Waals surface area (Å²) in [6, 6.07) is 0.646. The van der Waals surface area contributed by atoms with Gasteiger partial charge in [0.05, 0.1) is 6.54 Å². The molecule has 4 heteroatoms. The van der Waals surface area contributed by atoms with Gasteiger partial charge in [-0.05, 0) is 24.7 Å². The van der Waals surface area contributed by atoms with Gasteiger partial charge in [-0.15, -0.1) is 0 Å². The molecule has 1 heterocycles. The molecule has 1 fully saturated rings. The number of aryl methyl sites for hydroxylation is 1. The second-order valence-electron chi connectivity index (χ2n) is 5.51. The van der Waals surface area contributed by atoms with Crippen LogP contribution in [0.3, 0.4) is 0 Å². The van der Waals surface area contributed by atoms with E-state index in [-0.39, 0.29) is 0 Å². The maximum absolute atomic E-state index is 4.31. The van der Waals surface area contributed by atoms with Gasteiger partial charge in [0.25, 0.3) is 0 Å². The van der Waals surface area contributed by atoms with Crippen LogP contribution in [-0.4, -0.2) is 20.8 Å². The summed E-state index contributed by atoms with van der Waals surface area (Å²) in [5, 5.41) is 7.95. The van der Waals surface area contributed by atoms with Gasteiger partial charge in [-0.25, -0.2) is 4.98 Å². The molecule has 1 aromatic rings. The van der Waals surface area contributed by atoms with Crippen molar-refractivity contribution in [1.82, 2.24) is 20.1 Å². The molecule has 0 radical (unpaired) electrons. The van der Waals surface area contributed by atoms with Crippen molar-refractivity contribution in [3.05, 3.63) is 12.2 Å². The Morgan fingerprint density at radius 2 is 2.18 bits per heavy atom. The zero-order chi connectivity index (χ0) is 12.3. The highest BCUT2D eigenvalue weighted by molar-refractivity contribution is 4.87. The van der Waals surface area contributed by atoms with Crippen LogP contribution in [0.5, 0.6) is 0 Å². The lowest BCUT2D eigenvalue weighted by Gasteiger charge is -2.34. The van der Waals surface area contributed by atoms with Gasteiger partial charge in [0.15, 0.2) is 5.82 Å². The van der Waals surface area contributed by atoms with E-state index in [1.165, 1.54) is 25.7 Å². The summed E-state index contributed by atoms with van der Waals surface area (Å²) in [4.78, 5) is 4.26. The van der Waals surface area contributed by atoms with E-state index in [9.17, 15) is 0 Å². The second kappa shape index (κ2) is 5.63. The fraction of sp³-hybridized carbons (Fsp3) is 0.846. The van der Waals surface area contributed by atoms with Gasteiger partial charge >= 0.3 is 0 Å². The van der Waals surface area contributed by atoms with Crippen LogP contribution in [0.2, 0.25) is 0 Å². The minimum Gasteiger partial charge on any atom is -0.307 e. The quantitative estimate of drug-likeness (QED) is 0.870. The number of hydrogen-bond acceptors (Lipinski definition) is 3. The summed E-state index contributed by atoms with van der Waals surface area (Å²) in [5.41, 5.74) is 0. The summed E-state index contributed by atoms with van der Waals surface area (Å²) in [5.74, 6) is 2.48. The Morgan fingerprint density at radius 3 is 2.82 bits per heavy atom. The molecule has 96 valence electrons. The van der Waals surface area contributed by atoms with E-state index in [0.717, 1.165) is 24.2 Å². The Bertz CT molecular complexity index is 345. The van der Waals surface area contributed by atoms with Crippen molar-refractivity contribution in [2.24, 2.45) is 18.9 Å². The third kappa shape index (κ3) is 3.28. The van der Waals surface area contributed by atoms with Crippen LogP contribution in [0, 0.1) is 11.8 Å². The molecule has 2 atom stereocenters. The molecule has 1 saturated carbocycles. The van der Waals surface area contributed by atoms with Crippen LogP contribution in [-0.2, 0) is 13.6 Å². The summed E-state index contributed by atoms with van der Waals surface area (Å²) < 4.78 is 1.76. The maximum Gasteiger partial charge on any atom is 0.164 e. The Kier molecular flexibility index (Phi) is 4.15. The number of aromatic nitrogens is 3. The molecular formula is C13H24N4. The fourth-order valence-corrected chi connectivity index (χ4v) is 2.90. The topological polar surface area (TPSA) is 42.7 Å². The van der Waals surface area contributed by atoms with E-state index in [1.54, 1.807) is 11.0 Å². The van der Waals surface area contributed by atoms with Crippen molar-refractivity contribution in [3.63, 3.8) is 0 Å². The van der Waals surface area contributed by atoms with Crippen molar-refractivity contribution in [2.75, 3.05) is 0 Å². The summed E-state index contributed by atoms with van der Waals surface area (Å²) >= 11 is 0. The molecule has 0 saturated heterocycles. The third-order valence-corrected chi connectivity index (χ3v) is 3.85. The summed E-state index contributed by atoms with van der Waals surface area (Å²) in [7, 11) is 1.91. The normalized spacial score (nSPS) is 25.4. The van der Waals surface area contributed by atoms with Gasteiger partial charge in [0, 0.05) is 13.1 Å². The number of nitrogens with one attached hydrogen (secondary N) is 1. The van der Waals surface area contributed by atoms with Crippen LogP contribution in [0.4, 0.5) is 0 Å².